The van der Waals surface area contributed by atoms with E-state index in [9.17, 15) is 9.59 Å². The van der Waals surface area contributed by atoms with Crippen LogP contribution in [-0.4, -0.2) is 26.6 Å². The van der Waals surface area contributed by atoms with Crippen LogP contribution < -0.4 is 16.2 Å². The summed E-state index contributed by atoms with van der Waals surface area (Å²) in [5.74, 6) is 0. The van der Waals surface area contributed by atoms with Gasteiger partial charge in [0.1, 0.15) is 0 Å². The Bertz CT molecular complexity index is 690. The molecule has 118 valence electrons. The van der Waals surface area contributed by atoms with Gasteiger partial charge in [0.25, 0.3) is 5.56 Å². The summed E-state index contributed by atoms with van der Waals surface area (Å²) in [4.78, 5) is 30.4. The number of nitrogens with zero attached hydrogens (tertiary/aromatic N) is 2. The highest BCUT2D eigenvalue weighted by Gasteiger charge is 2.10. The molecule has 2 aromatic heterocycles. The second kappa shape index (κ2) is 6.93. The van der Waals surface area contributed by atoms with Gasteiger partial charge >= 0.3 is 6.03 Å². The molecule has 0 fully saturated rings. The number of hydrogen-bond acceptors (Lipinski definition) is 3. The minimum Gasteiger partial charge on any atom is -0.335 e. The van der Waals surface area contributed by atoms with E-state index in [0.29, 0.717) is 12.1 Å². The number of imidazole rings is 1. The number of amides is 2. The number of aromatic amines is 1. The van der Waals surface area contributed by atoms with E-state index >= 15 is 0 Å². The van der Waals surface area contributed by atoms with E-state index in [1.807, 2.05) is 37.6 Å². The number of aromatic nitrogens is 3. The summed E-state index contributed by atoms with van der Waals surface area (Å²) < 4.78 is 1.89. The van der Waals surface area contributed by atoms with Crippen molar-refractivity contribution in [3.63, 3.8) is 0 Å². The van der Waals surface area contributed by atoms with Gasteiger partial charge in [-0.2, -0.15) is 0 Å². The summed E-state index contributed by atoms with van der Waals surface area (Å²) in [5, 5.41) is 5.54. The average Bonchev–Trinajstić information content (AvgIpc) is 2.89. The van der Waals surface area contributed by atoms with Crippen LogP contribution in [0.1, 0.15) is 23.7 Å². The van der Waals surface area contributed by atoms with Gasteiger partial charge in [-0.05, 0) is 32.4 Å². The van der Waals surface area contributed by atoms with E-state index in [0.717, 1.165) is 11.3 Å². The Hall–Kier alpha value is -2.57. The molecule has 7 heteroatoms. The molecule has 0 aliphatic rings. The van der Waals surface area contributed by atoms with Crippen LogP contribution in [0.3, 0.4) is 0 Å². The molecule has 0 aliphatic heterocycles. The molecule has 1 atom stereocenters. The molecule has 22 heavy (non-hydrogen) atoms. The van der Waals surface area contributed by atoms with Crippen molar-refractivity contribution in [2.45, 2.75) is 39.9 Å². The fourth-order valence-electron chi connectivity index (χ4n) is 2.30. The fraction of sp³-hybridized carbons (Fsp3) is 0.400. The number of carbonyl (C=O) groups is 1. The largest absolute Gasteiger partial charge is 0.335 e. The zero-order chi connectivity index (χ0) is 16.1. The molecule has 3 N–H and O–H groups in total. The molecule has 2 heterocycles. The zero-order valence-electron chi connectivity index (χ0n) is 13.0. The number of pyridine rings is 1. The Morgan fingerprint density at radius 2 is 2.23 bits per heavy atom. The lowest BCUT2D eigenvalue weighted by Gasteiger charge is -2.15. The summed E-state index contributed by atoms with van der Waals surface area (Å²) in [6.07, 6.45) is 5.23. The minimum absolute atomic E-state index is 0.0494. The molecule has 2 amide bonds. The molecule has 0 saturated heterocycles. The van der Waals surface area contributed by atoms with Crippen LogP contribution in [0, 0.1) is 13.8 Å². The first-order valence-corrected chi connectivity index (χ1v) is 7.15. The Morgan fingerprint density at radius 3 is 2.86 bits per heavy atom. The second-order valence-electron chi connectivity index (χ2n) is 5.43. The maximum absolute atomic E-state index is 11.9. The summed E-state index contributed by atoms with van der Waals surface area (Å²) in [6.45, 7) is 6.43. The van der Waals surface area contributed by atoms with Crippen molar-refractivity contribution in [1.29, 1.82) is 0 Å². The second-order valence-corrected chi connectivity index (χ2v) is 5.43. The van der Waals surface area contributed by atoms with Gasteiger partial charge in [0.05, 0.1) is 12.9 Å². The first kappa shape index (κ1) is 15.8. The maximum Gasteiger partial charge on any atom is 0.315 e. The van der Waals surface area contributed by atoms with Crippen molar-refractivity contribution in [1.82, 2.24) is 25.2 Å². The predicted molar refractivity (Wildman–Crippen MR) is 83.6 cm³/mol. The van der Waals surface area contributed by atoms with Crippen molar-refractivity contribution in [3.05, 3.63) is 52.0 Å². The number of hydrogen-bond donors (Lipinski definition) is 3. The Balaban J connectivity index is 1.86. The molecule has 0 aliphatic carbocycles. The maximum atomic E-state index is 11.9. The van der Waals surface area contributed by atoms with Crippen LogP contribution in [0.15, 0.2) is 29.6 Å². The molecule has 0 aromatic carbocycles. The van der Waals surface area contributed by atoms with Crippen molar-refractivity contribution < 1.29 is 4.79 Å². The highest BCUT2D eigenvalue weighted by molar-refractivity contribution is 5.74. The van der Waals surface area contributed by atoms with E-state index in [1.165, 1.54) is 0 Å². The first-order valence-electron chi connectivity index (χ1n) is 7.15. The van der Waals surface area contributed by atoms with Gasteiger partial charge in [0, 0.05) is 36.2 Å². The van der Waals surface area contributed by atoms with Crippen LogP contribution >= 0.6 is 0 Å². The number of carbonyl (C=O) groups excluding carboxylic acids is 1. The lowest BCUT2D eigenvalue weighted by Crippen LogP contribution is -2.42. The van der Waals surface area contributed by atoms with Crippen LogP contribution in [0.25, 0.3) is 0 Å². The van der Waals surface area contributed by atoms with Gasteiger partial charge in [-0.15, -0.1) is 0 Å². The lowest BCUT2D eigenvalue weighted by molar-refractivity contribution is 0.236. The number of nitrogens with one attached hydrogen (secondary N) is 3. The van der Waals surface area contributed by atoms with Crippen LogP contribution in [0.5, 0.6) is 0 Å². The van der Waals surface area contributed by atoms with E-state index in [-0.39, 0.29) is 24.2 Å². The number of rotatable bonds is 5. The zero-order valence-corrected chi connectivity index (χ0v) is 13.0. The molecule has 0 bridgehead atoms. The summed E-state index contributed by atoms with van der Waals surface area (Å²) in [6, 6.07) is 1.54. The predicted octanol–water partition coefficient (Wildman–Crippen LogP) is 1.08. The summed E-state index contributed by atoms with van der Waals surface area (Å²) >= 11 is 0. The van der Waals surface area contributed by atoms with Gasteiger partial charge in [-0.3, -0.25) is 4.79 Å². The highest BCUT2D eigenvalue weighted by atomic mass is 16.2. The van der Waals surface area contributed by atoms with Crippen molar-refractivity contribution >= 4 is 6.03 Å². The highest BCUT2D eigenvalue weighted by Crippen LogP contribution is 2.02. The van der Waals surface area contributed by atoms with Crippen molar-refractivity contribution in [2.75, 3.05) is 0 Å². The third-order valence-electron chi connectivity index (χ3n) is 3.34. The van der Waals surface area contributed by atoms with Crippen molar-refractivity contribution in [3.8, 4) is 0 Å². The lowest BCUT2D eigenvalue weighted by atomic mass is 10.1. The first-order chi connectivity index (χ1) is 10.5. The Kier molecular flexibility index (Phi) is 4.98. The molecule has 0 saturated carbocycles. The third-order valence-corrected chi connectivity index (χ3v) is 3.34. The topological polar surface area (TPSA) is 91.8 Å². The number of H-pyrrole nitrogens is 1. The molecular formula is C15H21N5O2. The van der Waals surface area contributed by atoms with Gasteiger partial charge in [0.2, 0.25) is 0 Å². The quantitative estimate of drug-likeness (QED) is 0.771. The van der Waals surface area contributed by atoms with E-state index in [2.05, 4.69) is 20.6 Å². The van der Waals surface area contributed by atoms with Gasteiger partial charge < -0.3 is 20.2 Å². The van der Waals surface area contributed by atoms with Gasteiger partial charge in [0.15, 0.2) is 0 Å². The third kappa shape index (κ3) is 4.21. The van der Waals surface area contributed by atoms with Crippen LogP contribution in [-0.2, 0) is 13.1 Å². The normalized spacial score (nSPS) is 12.0. The van der Waals surface area contributed by atoms with E-state index in [4.69, 9.17) is 0 Å². The fourth-order valence-corrected chi connectivity index (χ4v) is 2.30. The minimum atomic E-state index is -0.299. The SMILES string of the molecule is Cc1cc(C)c(CNC(=O)N[C@H](C)Cn2ccnc2)c(=O)[nH]1. The van der Waals surface area contributed by atoms with E-state index in [1.54, 1.807) is 12.5 Å². The Morgan fingerprint density at radius 1 is 1.45 bits per heavy atom. The standard InChI is InChI=1S/C15H21N5O2/c1-10-6-11(2)18-14(21)13(10)7-17-15(22)19-12(3)8-20-5-4-16-9-20/h4-6,9,12H,7-8H2,1-3H3,(H,18,21)(H2,17,19,22)/t12-/m1/s1. The number of aryl methyl sites for hydroxylation is 2. The van der Waals surface area contributed by atoms with E-state index < -0.39 is 0 Å². The smallest absolute Gasteiger partial charge is 0.315 e. The van der Waals surface area contributed by atoms with Crippen LogP contribution in [0.2, 0.25) is 0 Å². The molecule has 7 nitrogen and oxygen atoms in total. The van der Waals surface area contributed by atoms with Crippen LogP contribution in [0.4, 0.5) is 4.79 Å². The molecule has 0 unspecified atom stereocenters. The monoisotopic (exact) mass is 303 g/mol. The molecular weight excluding hydrogens is 282 g/mol. The molecule has 2 aromatic rings. The van der Waals surface area contributed by atoms with Crippen molar-refractivity contribution in [2.24, 2.45) is 0 Å². The van der Waals surface area contributed by atoms with Gasteiger partial charge in [-0.1, -0.05) is 0 Å². The Labute approximate surface area is 128 Å². The number of urea groups is 1. The summed E-state index contributed by atoms with van der Waals surface area (Å²) in [5.41, 5.74) is 2.09. The summed E-state index contributed by atoms with van der Waals surface area (Å²) in [7, 11) is 0. The van der Waals surface area contributed by atoms with Gasteiger partial charge in [-0.25, -0.2) is 9.78 Å². The molecule has 2 rings (SSSR count). The molecule has 0 spiro atoms. The average molecular weight is 303 g/mol. The molecule has 0 radical (unpaired) electrons.